The molecule has 1 aliphatic rings. The Labute approximate surface area is 131 Å². The van der Waals surface area contributed by atoms with Crippen LogP contribution >= 0.6 is 11.6 Å². The van der Waals surface area contributed by atoms with Crippen LogP contribution in [0.3, 0.4) is 0 Å². The number of benzene rings is 1. The van der Waals surface area contributed by atoms with Crippen molar-refractivity contribution in [3.05, 3.63) is 34.9 Å². The summed E-state index contributed by atoms with van der Waals surface area (Å²) >= 11 is 6.15. The number of nitrogens with one attached hydrogen (secondary N) is 2. The Morgan fingerprint density at radius 2 is 2.19 bits per heavy atom. The lowest BCUT2D eigenvalue weighted by atomic mass is 10.0. The van der Waals surface area contributed by atoms with Crippen LogP contribution in [0.1, 0.15) is 11.6 Å². The molecule has 1 fully saturated rings. The van der Waals surface area contributed by atoms with Gasteiger partial charge < -0.3 is 15.4 Å². The summed E-state index contributed by atoms with van der Waals surface area (Å²) in [7, 11) is 3.63. The quantitative estimate of drug-likeness (QED) is 0.654. The van der Waals surface area contributed by atoms with Crippen molar-refractivity contribution in [3.63, 3.8) is 0 Å². The number of morpholine rings is 1. The van der Waals surface area contributed by atoms with Gasteiger partial charge in [0, 0.05) is 38.8 Å². The molecule has 116 valence electrons. The molecule has 0 radical (unpaired) electrons. The molecule has 1 aliphatic heterocycles. The van der Waals surface area contributed by atoms with Gasteiger partial charge in [0.15, 0.2) is 5.96 Å². The topological polar surface area (TPSA) is 48.9 Å². The summed E-state index contributed by atoms with van der Waals surface area (Å²) in [5.74, 6) is 0.787. The molecule has 0 aromatic heterocycles. The summed E-state index contributed by atoms with van der Waals surface area (Å²) in [4.78, 5) is 6.58. The number of guanidine groups is 1. The van der Waals surface area contributed by atoms with Crippen LogP contribution in [0.4, 0.5) is 0 Å². The first-order valence-electron chi connectivity index (χ1n) is 7.20. The van der Waals surface area contributed by atoms with Gasteiger partial charge in [0.2, 0.25) is 0 Å². The molecule has 0 saturated carbocycles. The van der Waals surface area contributed by atoms with Crippen molar-refractivity contribution in [2.24, 2.45) is 4.99 Å². The fourth-order valence-electron chi connectivity index (χ4n) is 2.53. The van der Waals surface area contributed by atoms with Gasteiger partial charge in [0.05, 0.1) is 19.3 Å². The number of hydrogen-bond acceptors (Lipinski definition) is 3. The summed E-state index contributed by atoms with van der Waals surface area (Å²) in [6, 6.07) is 8.30. The molecule has 1 heterocycles. The maximum atomic E-state index is 6.15. The van der Waals surface area contributed by atoms with Gasteiger partial charge in [0.25, 0.3) is 0 Å². The minimum atomic E-state index is 0.248. The van der Waals surface area contributed by atoms with Gasteiger partial charge in [0.1, 0.15) is 0 Å². The van der Waals surface area contributed by atoms with Crippen molar-refractivity contribution < 1.29 is 4.74 Å². The molecule has 1 saturated heterocycles. The normalized spacial score (nSPS) is 18.3. The van der Waals surface area contributed by atoms with E-state index in [4.69, 9.17) is 16.3 Å². The first-order valence-corrected chi connectivity index (χ1v) is 7.58. The Hall–Kier alpha value is -1.30. The monoisotopic (exact) mass is 310 g/mol. The van der Waals surface area contributed by atoms with E-state index in [9.17, 15) is 0 Å². The van der Waals surface area contributed by atoms with E-state index in [0.29, 0.717) is 0 Å². The Morgan fingerprint density at radius 3 is 2.81 bits per heavy atom. The van der Waals surface area contributed by atoms with E-state index in [1.807, 2.05) is 25.2 Å². The van der Waals surface area contributed by atoms with Crippen LogP contribution in [0.15, 0.2) is 29.3 Å². The predicted molar refractivity (Wildman–Crippen MR) is 87.0 cm³/mol. The zero-order valence-corrected chi connectivity index (χ0v) is 13.4. The van der Waals surface area contributed by atoms with Crippen LogP contribution in [0.25, 0.3) is 0 Å². The first kappa shape index (κ1) is 16.1. The fourth-order valence-corrected chi connectivity index (χ4v) is 2.73. The number of aliphatic imine (C=N–C) groups is 1. The maximum absolute atomic E-state index is 6.15. The van der Waals surface area contributed by atoms with Gasteiger partial charge in [-0.1, -0.05) is 23.7 Å². The molecule has 2 N–H and O–H groups in total. The third-order valence-corrected chi connectivity index (χ3v) is 3.88. The van der Waals surface area contributed by atoms with E-state index < -0.39 is 0 Å². The molecule has 0 amide bonds. The molecule has 0 aliphatic carbocycles. The highest BCUT2D eigenvalue weighted by molar-refractivity contribution is 6.30. The molecule has 6 heteroatoms. The van der Waals surface area contributed by atoms with Crippen molar-refractivity contribution in [2.45, 2.75) is 6.04 Å². The second-order valence-corrected chi connectivity index (χ2v) is 5.36. The number of hydrogen-bond donors (Lipinski definition) is 2. The van der Waals surface area contributed by atoms with Crippen LogP contribution in [-0.2, 0) is 4.74 Å². The van der Waals surface area contributed by atoms with E-state index in [1.54, 1.807) is 7.05 Å². The lowest BCUT2D eigenvalue weighted by molar-refractivity contribution is 0.0170. The number of rotatable bonds is 4. The molecule has 0 bridgehead atoms. The maximum Gasteiger partial charge on any atom is 0.190 e. The zero-order valence-electron chi connectivity index (χ0n) is 12.6. The zero-order chi connectivity index (χ0) is 15.1. The second-order valence-electron chi connectivity index (χ2n) is 4.92. The lowest BCUT2D eigenvalue weighted by Crippen LogP contribution is -2.45. The van der Waals surface area contributed by atoms with Crippen LogP contribution in [-0.4, -0.2) is 57.8 Å². The molecule has 0 spiro atoms. The Kier molecular flexibility index (Phi) is 6.29. The highest BCUT2D eigenvalue weighted by Gasteiger charge is 2.22. The highest BCUT2D eigenvalue weighted by atomic mass is 35.5. The number of halogens is 1. The molecule has 21 heavy (non-hydrogen) atoms. The van der Waals surface area contributed by atoms with E-state index >= 15 is 0 Å². The van der Waals surface area contributed by atoms with Crippen molar-refractivity contribution in [3.8, 4) is 0 Å². The minimum Gasteiger partial charge on any atom is -0.379 e. The molecular formula is C15H23ClN4O. The Bertz CT molecular complexity index is 474. The Morgan fingerprint density at radius 1 is 1.43 bits per heavy atom. The van der Waals surface area contributed by atoms with Gasteiger partial charge in [-0.2, -0.15) is 0 Å². The van der Waals surface area contributed by atoms with Gasteiger partial charge >= 0.3 is 0 Å². The van der Waals surface area contributed by atoms with Gasteiger partial charge in [-0.3, -0.25) is 9.89 Å². The molecule has 1 aromatic carbocycles. The van der Waals surface area contributed by atoms with Crippen molar-refractivity contribution in [2.75, 3.05) is 46.9 Å². The van der Waals surface area contributed by atoms with Crippen LogP contribution in [0, 0.1) is 0 Å². The highest BCUT2D eigenvalue weighted by Crippen LogP contribution is 2.23. The summed E-state index contributed by atoms with van der Waals surface area (Å²) in [5.41, 5.74) is 1.21. The Balaban J connectivity index is 2.13. The van der Waals surface area contributed by atoms with Crippen molar-refractivity contribution in [1.82, 2.24) is 15.5 Å². The average molecular weight is 311 g/mol. The number of nitrogens with zero attached hydrogens (tertiary/aromatic N) is 2. The van der Waals surface area contributed by atoms with Gasteiger partial charge in [-0.15, -0.1) is 0 Å². The molecule has 0 unspecified atom stereocenters. The summed E-state index contributed by atoms with van der Waals surface area (Å²) in [6.07, 6.45) is 0. The molecular weight excluding hydrogens is 288 g/mol. The van der Waals surface area contributed by atoms with Gasteiger partial charge in [-0.05, 0) is 17.7 Å². The molecule has 2 rings (SSSR count). The fraction of sp³-hybridized carbons (Fsp3) is 0.533. The van der Waals surface area contributed by atoms with Gasteiger partial charge in [-0.25, -0.2) is 0 Å². The molecule has 1 atom stereocenters. The minimum absolute atomic E-state index is 0.248. The van der Waals surface area contributed by atoms with E-state index in [1.165, 1.54) is 5.56 Å². The average Bonchev–Trinajstić information content (AvgIpc) is 2.52. The van der Waals surface area contributed by atoms with Crippen LogP contribution in [0.5, 0.6) is 0 Å². The summed E-state index contributed by atoms with van der Waals surface area (Å²) in [6.45, 7) is 4.18. The van der Waals surface area contributed by atoms with E-state index in [2.05, 4.69) is 26.6 Å². The summed E-state index contributed by atoms with van der Waals surface area (Å²) in [5, 5.41) is 7.16. The third kappa shape index (κ3) is 4.59. The van der Waals surface area contributed by atoms with E-state index in [0.717, 1.165) is 43.8 Å². The van der Waals surface area contributed by atoms with Crippen LogP contribution in [0.2, 0.25) is 5.02 Å². The third-order valence-electron chi connectivity index (χ3n) is 3.64. The van der Waals surface area contributed by atoms with E-state index in [-0.39, 0.29) is 6.04 Å². The largest absolute Gasteiger partial charge is 0.379 e. The SMILES string of the molecule is CN=C(NC)NC[C@H](c1cccc(Cl)c1)N1CCOCC1. The smallest absolute Gasteiger partial charge is 0.190 e. The van der Waals surface area contributed by atoms with Crippen molar-refractivity contribution >= 4 is 17.6 Å². The molecule has 5 nitrogen and oxygen atoms in total. The first-order chi connectivity index (χ1) is 10.2. The second kappa shape index (κ2) is 8.22. The lowest BCUT2D eigenvalue weighted by Gasteiger charge is -2.35. The predicted octanol–water partition coefficient (Wildman–Crippen LogP) is 1.51. The van der Waals surface area contributed by atoms with Crippen LogP contribution < -0.4 is 10.6 Å². The van der Waals surface area contributed by atoms with Crippen molar-refractivity contribution in [1.29, 1.82) is 0 Å². The molecule has 1 aromatic rings. The standard InChI is InChI=1S/C15H23ClN4O/c1-17-15(18-2)19-11-14(20-6-8-21-9-7-20)12-4-3-5-13(16)10-12/h3-5,10,14H,6-9,11H2,1-2H3,(H2,17,18,19)/t14-/m1/s1. The summed E-state index contributed by atoms with van der Waals surface area (Å²) < 4.78 is 5.45. The number of ether oxygens (including phenoxy) is 1.